The molecule has 5 rings (SSSR count). The number of carbonyl (C=O) groups is 3. The van der Waals surface area contributed by atoms with Crippen molar-refractivity contribution < 1.29 is 23.5 Å². The number of aryl methyl sites for hydroxylation is 1. The number of nitrogens with zero attached hydrogens (tertiary/aromatic N) is 2. The van der Waals surface area contributed by atoms with Gasteiger partial charge in [0.15, 0.2) is 5.76 Å². The first-order chi connectivity index (χ1) is 18.5. The highest BCUT2D eigenvalue weighted by Crippen LogP contribution is 2.30. The molecular weight excluding hydrogens is 484 g/mol. The van der Waals surface area contributed by atoms with E-state index in [1.54, 1.807) is 44.2 Å². The number of hydrogen-bond donors (Lipinski definition) is 2. The molecule has 2 aromatic heterocycles. The number of anilines is 1. The van der Waals surface area contributed by atoms with E-state index in [4.69, 9.17) is 9.15 Å². The number of carbonyl (C=O) groups excluding carboxylic acids is 3. The smallest absolute Gasteiger partial charge is 0.340 e. The normalized spacial score (nSPS) is 13.7. The van der Waals surface area contributed by atoms with Crippen molar-refractivity contribution >= 4 is 40.1 Å². The zero-order valence-corrected chi connectivity index (χ0v) is 21.0. The van der Waals surface area contributed by atoms with E-state index in [1.165, 1.54) is 0 Å². The van der Waals surface area contributed by atoms with Crippen molar-refractivity contribution in [2.45, 2.75) is 33.1 Å². The van der Waals surface area contributed by atoms with Crippen molar-refractivity contribution in [1.29, 1.82) is 0 Å². The SMILES string of the molecule is CCOC(=O)c1ccccc1NC(=O)c1oc2c(c1C)/C(=N/NC(=O)c1ccc3ccccc3n1)CCC2. The van der Waals surface area contributed by atoms with Gasteiger partial charge in [-0.2, -0.15) is 5.10 Å². The number of para-hydroxylation sites is 2. The first-order valence-corrected chi connectivity index (χ1v) is 12.4. The summed E-state index contributed by atoms with van der Waals surface area (Å²) in [6.45, 7) is 3.72. The number of rotatable bonds is 6. The molecule has 4 aromatic rings. The summed E-state index contributed by atoms with van der Waals surface area (Å²) < 4.78 is 11.0. The molecule has 0 spiro atoms. The maximum atomic E-state index is 13.2. The number of amides is 2. The van der Waals surface area contributed by atoms with Crippen LogP contribution in [-0.2, 0) is 11.2 Å². The number of aromatic nitrogens is 1. The van der Waals surface area contributed by atoms with Gasteiger partial charge in [0.25, 0.3) is 11.8 Å². The van der Waals surface area contributed by atoms with Crippen LogP contribution >= 0.6 is 0 Å². The summed E-state index contributed by atoms with van der Waals surface area (Å²) in [4.78, 5) is 42.7. The van der Waals surface area contributed by atoms with Gasteiger partial charge >= 0.3 is 5.97 Å². The van der Waals surface area contributed by atoms with Gasteiger partial charge in [-0.1, -0.05) is 36.4 Å². The fourth-order valence-corrected chi connectivity index (χ4v) is 4.52. The number of pyridine rings is 1. The summed E-state index contributed by atoms with van der Waals surface area (Å²) in [5, 5.41) is 8.09. The zero-order chi connectivity index (χ0) is 26.6. The van der Waals surface area contributed by atoms with Crippen LogP contribution in [0.2, 0.25) is 0 Å². The Morgan fingerprint density at radius 3 is 2.63 bits per heavy atom. The van der Waals surface area contributed by atoms with E-state index >= 15 is 0 Å². The van der Waals surface area contributed by atoms with Gasteiger partial charge in [0.05, 0.1) is 29.1 Å². The van der Waals surface area contributed by atoms with Crippen LogP contribution in [0.3, 0.4) is 0 Å². The molecule has 2 heterocycles. The molecule has 38 heavy (non-hydrogen) atoms. The Hall–Kier alpha value is -4.79. The Morgan fingerprint density at radius 1 is 1.00 bits per heavy atom. The van der Waals surface area contributed by atoms with Crippen molar-refractivity contribution in [2.24, 2.45) is 5.10 Å². The Kier molecular flexibility index (Phi) is 6.99. The number of furan rings is 1. The maximum absolute atomic E-state index is 13.2. The number of hydrogen-bond acceptors (Lipinski definition) is 7. The van der Waals surface area contributed by atoms with Crippen molar-refractivity contribution in [3.63, 3.8) is 0 Å². The third-order valence-corrected chi connectivity index (χ3v) is 6.33. The highest BCUT2D eigenvalue weighted by molar-refractivity contribution is 6.11. The van der Waals surface area contributed by atoms with Crippen molar-refractivity contribution in [3.8, 4) is 0 Å². The highest BCUT2D eigenvalue weighted by atomic mass is 16.5. The number of nitrogens with one attached hydrogen (secondary N) is 2. The fraction of sp³-hybridized carbons (Fsp3) is 0.207. The number of ether oxygens (including phenoxy) is 1. The molecule has 0 aliphatic heterocycles. The second-order valence-electron chi connectivity index (χ2n) is 8.82. The molecule has 1 aliphatic rings. The molecule has 0 unspecified atom stereocenters. The summed E-state index contributed by atoms with van der Waals surface area (Å²) in [7, 11) is 0. The summed E-state index contributed by atoms with van der Waals surface area (Å²) in [5.41, 5.74) is 6.12. The summed E-state index contributed by atoms with van der Waals surface area (Å²) in [5.74, 6) is -0.674. The zero-order valence-electron chi connectivity index (χ0n) is 21.0. The average Bonchev–Trinajstić information content (AvgIpc) is 3.29. The maximum Gasteiger partial charge on any atom is 0.340 e. The molecule has 0 saturated carbocycles. The Morgan fingerprint density at radius 2 is 1.79 bits per heavy atom. The van der Waals surface area contributed by atoms with Crippen LogP contribution < -0.4 is 10.7 Å². The van der Waals surface area contributed by atoms with Crippen LogP contribution in [-0.4, -0.2) is 35.1 Å². The Labute approximate surface area is 218 Å². The molecule has 0 radical (unpaired) electrons. The Balaban J connectivity index is 1.37. The molecule has 1 aliphatic carbocycles. The first kappa shape index (κ1) is 24.9. The summed E-state index contributed by atoms with van der Waals surface area (Å²) >= 11 is 0. The van der Waals surface area contributed by atoms with Crippen LogP contribution in [0.25, 0.3) is 10.9 Å². The lowest BCUT2D eigenvalue weighted by Crippen LogP contribution is -2.23. The summed E-state index contributed by atoms with van der Waals surface area (Å²) in [6.07, 6.45) is 2.02. The number of esters is 1. The largest absolute Gasteiger partial charge is 0.462 e. The number of benzene rings is 2. The molecule has 2 N–H and O–H groups in total. The van der Waals surface area contributed by atoms with E-state index in [2.05, 4.69) is 20.8 Å². The lowest BCUT2D eigenvalue weighted by Gasteiger charge is -2.13. The molecule has 2 amide bonds. The molecule has 0 atom stereocenters. The van der Waals surface area contributed by atoms with E-state index in [1.807, 2.05) is 30.3 Å². The van der Waals surface area contributed by atoms with Crippen molar-refractivity contribution in [1.82, 2.24) is 10.4 Å². The third kappa shape index (κ3) is 4.90. The lowest BCUT2D eigenvalue weighted by molar-refractivity contribution is 0.0527. The number of fused-ring (bicyclic) bond motifs is 2. The second kappa shape index (κ2) is 10.7. The second-order valence-corrected chi connectivity index (χ2v) is 8.82. The predicted molar refractivity (Wildman–Crippen MR) is 142 cm³/mol. The molecule has 9 nitrogen and oxygen atoms in total. The van der Waals surface area contributed by atoms with Crippen LogP contribution in [0.5, 0.6) is 0 Å². The van der Waals surface area contributed by atoms with E-state index in [0.717, 1.165) is 17.3 Å². The molecular formula is C29H26N4O5. The van der Waals surface area contributed by atoms with Crippen molar-refractivity contribution in [3.05, 3.63) is 94.6 Å². The van der Waals surface area contributed by atoms with Crippen LogP contribution in [0.4, 0.5) is 5.69 Å². The van der Waals surface area contributed by atoms with Gasteiger partial charge in [-0.05, 0) is 51.0 Å². The van der Waals surface area contributed by atoms with Gasteiger partial charge < -0.3 is 14.5 Å². The monoisotopic (exact) mass is 510 g/mol. The molecule has 0 bridgehead atoms. The number of hydrazone groups is 1. The predicted octanol–water partition coefficient (Wildman–Crippen LogP) is 5.04. The minimum absolute atomic E-state index is 0.130. The third-order valence-electron chi connectivity index (χ3n) is 6.33. The van der Waals surface area contributed by atoms with Crippen LogP contribution in [0, 0.1) is 6.92 Å². The van der Waals surface area contributed by atoms with Crippen LogP contribution in [0.1, 0.15) is 68.1 Å². The molecule has 0 saturated heterocycles. The first-order valence-electron chi connectivity index (χ1n) is 12.4. The van der Waals surface area contributed by atoms with E-state index in [9.17, 15) is 14.4 Å². The van der Waals surface area contributed by atoms with Gasteiger partial charge in [-0.15, -0.1) is 0 Å². The minimum Gasteiger partial charge on any atom is -0.462 e. The fourth-order valence-electron chi connectivity index (χ4n) is 4.52. The highest BCUT2D eigenvalue weighted by Gasteiger charge is 2.29. The van der Waals surface area contributed by atoms with Gasteiger partial charge in [0.1, 0.15) is 11.5 Å². The topological polar surface area (TPSA) is 123 Å². The average molecular weight is 511 g/mol. The van der Waals surface area contributed by atoms with Gasteiger partial charge in [-0.3, -0.25) is 9.59 Å². The quantitative estimate of drug-likeness (QED) is 0.277. The van der Waals surface area contributed by atoms with E-state index in [-0.39, 0.29) is 23.6 Å². The standard InChI is InChI=1S/C29H26N4O5/c1-3-37-29(36)19-10-5-7-12-21(19)31-28(35)26-17(2)25-22(13-8-14-24(25)38-26)32-33-27(34)23-16-15-18-9-4-6-11-20(18)30-23/h4-7,9-12,15-16H,3,8,13-14H2,1-2H3,(H,31,35)(H,33,34)/b32-22+. The molecule has 192 valence electrons. The minimum atomic E-state index is -0.523. The van der Waals surface area contributed by atoms with E-state index < -0.39 is 17.8 Å². The van der Waals surface area contributed by atoms with Crippen molar-refractivity contribution in [2.75, 3.05) is 11.9 Å². The summed E-state index contributed by atoms with van der Waals surface area (Å²) in [6, 6.07) is 17.7. The van der Waals surface area contributed by atoms with Crippen LogP contribution in [0.15, 0.2) is 70.2 Å². The molecule has 0 fully saturated rings. The van der Waals surface area contributed by atoms with E-state index in [0.29, 0.717) is 41.1 Å². The lowest BCUT2D eigenvalue weighted by atomic mass is 9.93. The van der Waals surface area contributed by atoms with Gasteiger partial charge in [0, 0.05) is 22.9 Å². The van der Waals surface area contributed by atoms with Gasteiger partial charge in [0.2, 0.25) is 0 Å². The molecule has 2 aromatic carbocycles. The van der Waals surface area contributed by atoms with Gasteiger partial charge in [-0.25, -0.2) is 15.2 Å². The molecule has 9 heteroatoms. The Bertz CT molecular complexity index is 1590.